The highest BCUT2D eigenvalue weighted by molar-refractivity contribution is 6.28. The molecule has 0 radical (unpaired) electrons. The second-order valence-electron chi connectivity index (χ2n) is 4.24. The van der Waals surface area contributed by atoms with Crippen LogP contribution in [0, 0.1) is 0 Å². The van der Waals surface area contributed by atoms with Crippen molar-refractivity contribution in [1.82, 2.24) is 4.90 Å². The molecule has 0 N–H and O–H groups in total. The van der Waals surface area contributed by atoms with Crippen LogP contribution in [0.4, 0.5) is 5.69 Å². The van der Waals surface area contributed by atoms with Crippen LogP contribution in [0.2, 0.25) is 0 Å². The Morgan fingerprint density at radius 3 is 2.76 bits per heavy atom. The van der Waals surface area contributed by atoms with Crippen molar-refractivity contribution in [2.45, 2.75) is 13.3 Å². The number of hydrogen-bond acceptors (Lipinski definition) is 2. The van der Waals surface area contributed by atoms with Gasteiger partial charge in [-0.1, -0.05) is 24.8 Å². The molecule has 0 saturated carbocycles. The normalized spacial score (nSPS) is 13.3. The Balaban J connectivity index is 2.07. The number of allylic oxidation sites excluding steroid dienone is 1. The van der Waals surface area contributed by atoms with Crippen molar-refractivity contribution in [3.05, 3.63) is 36.4 Å². The molecule has 0 aliphatic carbocycles. The van der Waals surface area contributed by atoms with E-state index in [0.29, 0.717) is 6.54 Å². The Hall–Kier alpha value is -1.90. The zero-order valence-electron chi connectivity index (χ0n) is 10.2. The van der Waals surface area contributed by atoms with E-state index < -0.39 is 0 Å². The molecule has 1 heterocycles. The van der Waals surface area contributed by atoms with Gasteiger partial charge < -0.3 is 4.90 Å². The molecule has 1 aromatic carbocycles. The Kier molecular flexibility index (Phi) is 3.09. The molecule has 1 amide bonds. The summed E-state index contributed by atoms with van der Waals surface area (Å²) in [4.78, 5) is 17.3. The molecule has 1 aromatic rings. The summed E-state index contributed by atoms with van der Waals surface area (Å²) in [5.41, 5.74) is 4.06. The van der Waals surface area contributed by atoms with Gasteiger partial charge in [0.25, 0.3) is 0 Å². The van der Waals surface area contributed by atoms with Gasteiger partial charge in [0.15, 0.2) is 0 Å². The molecule has 0 unspecified atom stereocenters. The smallest absolute Gasteiger partial charge is 0.219 e. The molecular formula is C14H16N2O. The first-order valence-corrected chi connectivity index (χ1v) is 5.67. The molecular weight excluding hydrogens is 212 g/mol. The van der Waals surface area contributed by atoms with Crippen molar-refractivity contribution in [3.8, 4) is 0 Å². The molecule has 0 saturated heterocycles. The van der Waals surface area contributed by atoms with E-state index in [1.165, 1.54) is 0 Å². The highest BCUT2D eigenvalue weighted by Gasteiger charge is 2.18. The van der Waals surface area contributed by atoms with Crippen LogP contribution < -0.4 is 0 Å². The predicted molar refractivity (Wildman–Crippen MR) is 70.5 cm³/mol. The van der Waals surface area contributed by atoms with E-state index in [4.69, 9.17) is 0 Å². The van der Waals surface area contributed by atoms with Gasteiger partial charge in [-0.15, -0.1) is 0 Å². The summed E-state index contributed by atoms with van der Waals surface area (Å²) in [6.07, 6.45) is 0.754. The summed E-state index contributed by atoms with van der Waals surface area (Å²) in [5.74, 6) is 0.0757. The summed E-state index contributed by atoms with van der Waals surface area (Å²) in [7, 11) is 1.80. The van der Waals surface area contributed by atoms with Crippen molar-refractivity contribution in [2.24, 2.45) is 4.99 Å². The number of hydrogen-bond donors (Lipinski definition) is 0. The van der Waals surface area contributed by atoms with E-state index >= 15 is 0 Å². The van der Waals surface area contributed by atoms with Gasteiger partial charge in [0, 0.05) is 32.5 Å². The number of carbonyl (C=O) groups excluding carboxylic acids is 1. The van der Waals surface area contributed by atoms with Gasteiger partial charge in [0.1, 0.15) is 0 Å². The largest absolute Gasteiger partial charge is 0.346 e. The molecule has 88 valence electrons. The third-order valence-electron chi connectivity index (χ3n) is 3.05. The predicted octanol–water partition coefficient (Wildman–Crippen LogP) is 2.65. The maximum Gasteiger partial charge on any atom is 0.219 e. The van der Waals surface area contributed by atoms with Gasteiger partial charge in [-0.2, -0.15) is 0 Å². The second kappa shape index (κ2) is 4.53. The Bertz CT molecular complexity index is 503. The number of aliphatic imine (C=N–C) groups is 1. The van der Waals surface area contributed by atoms with Crippen molar-refractivity contribution >= 4 is 22.9 Å². The fraction of sp³-hybridized carbons (Fsp3) is 0.286. The van der Waals surface area contributed by atoms with E-state index in [2.05, 4.69) is 11.6 Å². The van der Waals surface area contributed by atoms with E-state index in [-0.39, 0.29) is 5.91 Å². The monoisotopic (exact) mass is 228 g/mol. The summed E-state index contributed by atoms with van der Waals surface area (Å²) >= 11 is 0. The molecule has 0 fully saturated rings. The highest BCUT2D eigenvalue weighted by atomic mass is 16.2. The van der Waals surface area contributed by atoms with E-state index in [1.54, 1.807) is 18.9 Å². The zero-order chi connectivity index (χ0) is 12.4. The first-order chi connectivity index (χ1) is 8.09. The third kappa shape index (κ3) is 2.28. The Morgan fingerprint density at radius 2 is 2.12 bits per heavy atom. The topological polar surface area (TPSA) is 32.7 Å². The SMILES string of the molecule is C=C1C(CCN(C)C(C)=O)=Nc2ccccc21. The number of carbonyl (C=O) groups is 1. The highest BCUT2D eigenvalue weighted by Crippen LogP contribution is 2.34. The molecule has 1 aliphatic rings. The zero-order valence-corrected chi connectivity index (χ0v) is 10.2. The lowest BCUT2D eigenvalue weighted by atomic mass is 10.0. The molecule has 3 heteroatoms. The third-order valence-corrected chi connectivity index (χ3v) is 3.05. The summed E-state index contributed by atoms with van der Waals surface area (Å²) in [6, 6.07) is 7.98. The fourth-order valence-corrected chi connectivity index (χ4v) is 1.83. The minimum atomic E-state index is 0.0757. The first kappa shape index (κ1) is 11.6. The van der Waals surface area contributed by atoms with Gasteiger partial charge in [-0.3, -0.25) is 9.79 Å². The maximum absolute atomic E-state index is 11.1. The quantitative estimate of drug-likeness (QED) is 0.782. The first-order valence-electron chi connectivity index (χ1n) is 5.67. The van der Waals surface area contributed by atoms with Crippen LogP contribution in [0.15, 0.2) is 35.8 Å². The van der Waals surface area contributed by atoms with Crippen LogP contribution in [-0.2, 0) is 4.79 Å². The minimum absolute atomic E-state index is 0.0757. The standard InChI is InChI=1S/C14H16N2O/c1-10-12-6-4-5-7-14(12)15-13(10)8-9-16(3)11(2)17/h4-7H,1,8-9H2,2-3H3. The summed E-state index contributed by atoms with van der Waals surface area (Å²) in [6.45, 7) is 6.32. The van der Waals surface area contributed by atoms with Crippen molar-refractivity contribution in [1.29, 1.82) is 0 Å². The molecule has 3 nitrogen and oxygen atoms in total. The maximum atomic E-state index is 11.1. The average molecular weight is 228 g/mol. The van der Waals surface area contributed by atoms with E-state index in [0.717, 1.165) is 29.0 Å². The van der Waals surface area contributed by atoms with Crippen LogP contribution in [0.25, 0.3) is 5.57 Å². The molecule has 2 rings (SSSR count). The molecule has 0 aromatic heterocycles. The number of nitrogens with zero attached hydrogens (tertiary/aromatic N) is 2. The summed E-state index contributed by atoms with van der Waals surface area (Å²) < 4.78 is 0. The number of rotatable bonds is 3. The van der Waals surface area contributed by atoms with Gasteiger partial charge in [-0.05, 0) is 11.6 Å². The molecule has 17 heavy (non-hydrogen) atoms. The van der Waals surface area contributed by atoms with Crippen LogP contribution in [0.3, 0.4) is 0 Å². The van der Waals surface area contributed by atoms with Gasteiger partial charge in [0.05, 0.1) is 11.4 Å². The van der Waals surface area contributed by atoms with Gasteiger partial charge in [-0.25, -0.2) is 0 Å². The minimum Gasteiger partial charge on any atom is -0.346 e. The number of amides is 1. The number of para-hydroxylation sites is 1. The van der Waals surface area contributed by atoms with Crippen molar-refractivity contribution in [2.75, 3.05) is 13.6 Å². The lowest BCUT2D eigenvalue weighted by Gasteiger charge is -2.14. The van der Waals surface area contributed by atoms with Crippen molar-refractivity contribution in [3.63, 3.8) is 0 Å². The summed E-state index contributed by atoms with van der Waals surface area (Å²) in [5, 5.41) is 0. The molecule has 1 aliphatic heterocycles. The van der Waals surface area contributed by atoms with Crippen LogP contribution in [-0.4, -0.2) is 30.1 Å². The Labute approximate surface area is 101 Å². The van der Waals surface area contributed by atoms with Crippen molar-refractivity contribution < 1.29 is 4.79 Å². The fourth-order valence-electron chi connectivity index (χ4n) is 1.83. The van der Waals surface area contributed by atoms with Crippen LogP contribution in [0.1, 0.15) is 18.9 Å². The molecule has 0 spiro atoms. The van der Waals surface area contributed by atoms with Crippen LogP contribution in [0.5, 0.6) is 0 Å². The number of fused-ring (bicyclic) bond motifs is 1. The molecule has 0 atom stereocenters. The van der Waals surface area contributed by atoms with Gasteiger partial charge in [0.2, 0.25) is 5.91 Å². The number of benzene rings is 1. The van der Waals surface area contributed by atoms with E-state index in [1.807, 2.05) is 24.3 Å². The van der Waals surface area contributed by atoms with Gasteiger partial charge >= 0.3 is 0 Å². The van der Waals surface area contributed by atoms with E-state index in [9.17, 15) is 4.79 Å². The lowest BCUT2D eigenvalue weighted by Crippen LogP contribution is -2.26. The lowest BCUT2D eigenvalue weighted by molar-refractivity contribution is -0.127. The molecule has 0 bridgehead atoms. The second-order valence-corrected chi connectivity index (χ2v) is 4.24. The van der Waals surface area contributed by atoms with Crippen LogP contribution >= 0.6 is 0 Å². The average Bonchev–Trinajstić information content (AvgIpc) is 2.64. The Morgan fingerprint density at radius 1 is 1.41 bits per heavy atom.